The average Bonchev–Trinajstić information content (AvgIpc) is 2.67. The number of rotatable bonds is 0. The van der Waals surface area contributed by atoms with Crippen LogP contribution in [0.3, 0.4) is 0 Å². The summed E-state index contributed by atoms with van der Waals surface area (Å²) in [5.74, 6) is -2.86. The highest BCUT2D eigenvalue weighted by Gasteiger charge is 2.45. The van der Waals surface area contributed by atoms with E-state index in [0.29, 0.717) is 11.3 Å². The highest BCUT2D eigenvalue weighted by Crippen LogP contribution is 2.50. The standard InChI is InChI=1S/C13H11F2N/c1-7-3-4-9-10(5-7)13(14,15)11-6-8(2)16-12(9)11/h3-6,16H,1-2H3. The third-order valence-electron chi connectivity index (χ3n) is 3.07. The van der Waals surface area contributed by atoms with Gasteiger partial charge < -0.3 is 4.98 Å². The van der Waals surface area contributed by atoms with E-state index in [0.717, 1.165) is 11.3 Å². The fourth-order valence-electron chi connectivity index (χ4n) is 2.33. The highest BCUT2D eigenvalue weighted by atomic mass is 19.3. The lowest BCUT2D eigenvalue weighted by Gasteiger charge is -2.11. The van der Waals surface area contributed by atoms with Crippen LogP contribution in [0.2, 0.25) is 0 Å². The summed E-state index contributed by atoms with van der Waals surface area (Å²) in [4.78, 5) is 3.01. The number of aromatic nitrogens is 1. The summed E-state index contributed by atoms with van der Waals surface area (Å²) >= 11 is 0. The molecule has 1 aliphatic carbocycles. The van der Waals surface area contributed by atoms with Gasteiger partial charge in [-0.2, -0.15) is 8.78 Å². The van der Waals surface area contributed by atoms with Crippen molar-refractivity contribution in [3.05, 3.63) is 46.6 Å². The molecule has 1 N–H and O–H groups in total. The molecular formula is C13H11F2N. The van der Waals surface area contributed by atoms with Crippen molar-refractivity contribution < 1.29 is 8.78 Å². The van der Waals surface area contributed by atoms with Crippen LogP contribution in [-0.4, -0.2) is 4.98 Å². The zero-order valence-corrected chi connectivity index (χ0v) is 9.07. The summed E-state index contributed by atoms with van der Waals surface area (Å²) in [6, 6.07) is 6.73. The van der Waals surface area contributed by atoms with Gasteiger partial charge in [0, 0.05) is 16.8 Å². The molecule has 0 aliphatic heterocycles. The second kappa shape index (κ2) is 2.73. The first-order valence-electron chi connectivity index (χ1n) is 5.19. The number of hydrogen-bond donors (Lipinski definition) is 1. The molecule has 1 aromatic carbocycles. The molecule has 0 atom stereocenters. The lowest BCUT2D eigenvalue weighted by molar-refractivity contribution is 0.0481. The summed E-state index contributed by atoms with van der Waals surface area (Å²) < 4.78 is 28.2. The zero-order chi connectivity index (χ0) is 11.5. The molecule has 0 saturated carbocycles. The van der Waals surface area contributed by atoms with Gasteiger partial charge in [0.2, 0.25) is 0 Å². The smallest absolute Gasteiger partial charge is 0.301 e. The summed E-state index contributed by atoms with van der Waals surface area (Å²) in [6.45, 7) is 3.62. The molecule has 0 unspecified atom stereocenters. The molecule has 2 aromatic rings. The Balaban J connectivity index is 2.37. The van der Waals surface area contributed by atoms with Crippen LogP contribution in [0, 0.1) is 13.8 Å². The predicted molar refractivity (Wildman–Crippen MR) is 58.7 cm³/mol. The van der Waals surface area contributed by atoms with Crippen molar-refractivity contribution in [2.24, 2.45) is 0 Å². The predicted octanol–water partition coefficient (Wildman–Crippen LogP) is 3.75. The van der Waals surface area contributed by atoms with Crippen LogP contribution in [0.15, 0.2) is 24.3 Å². The van der Waals surface area contributed by atoms with Crippen LogP contribution in [-0.2, 0) is 5.92 Å². The van der Waals surface area contributed by atoms with Crippen molar-refractivity contribution in [1.29, 1.82) is 0 Å². The Hall–Kier alpha value is -1.64. The van der Waals surface area contributed by atoms with Gasteiger partial charge in [-0.1, -0.05) is 17.7 Å². The molecule has 3 rings (SSSR count). The molecule has 0 amide bonds. The Kier molecular flexibility index (Phi) is 1.63. The van der Waals surface area contributed by atoms with E-state index in [1.54, 1.807) is 19.1 Å². The topological polar surface area (TPSA) is 15.8 Å². The van der Waals surface area contributed by atoms with Gasteiger partial charge in [-0.25, -0.2) is 0 Å². The lowest BCUT2D eigenvalue weighted by atomic mass is 10.0. The molecule has 1 heterocycles. The van der Waals surface area contributed by atoms with Crippen molar-refractivity contribution >= 4 is 0 Å². The fourth-order valence-corrected chi connectivity index (χ4v) is 2.33. The van der Waals surface area contributed by atoms with E-state index in [-0.39, 0.29) is 11.1 Å². The van der Waals surface area contributed by atoms with E-state index in [9.17, 15) is 8.78 Å². The molecule has 1 aliphatic rings. The summed E-state index contributed by atoms with van der Waals surface area (Å²) in [7, 11) is 0. The molecule has 1 nitrogen and oxygen atoms in total. The van der Waals surface area contributed by atoms with Crippen molar-refractivity contribution in [2.45, 2.75) is 19.8 Å². The largest absolute Gasteiger partial charge is 0.358 e. The van der Waals surface area contributed by atoms with Crippen LogP contribution in [0.4, 0.5) is 8.78 Å². The monoisotopic (exact) mass is 219 g/mol. The fraction of sp³-hybridized carbons (Fsp3) is 0.231. The number of H-pyrrole nitrogens is 1. The van der Waals surface area contributed by atoms with E-state index < -0.39 is 5.92 Å². The Labute approximate surface area is 92.1 Å². The van der Waals surface area contributed by atoms with Crippen LogP contribution in [0.25, 0.3) is 11.3 Å². The van der Waals surface area contributed by atoms with Crippen molar-refractivity contribution in [2.75, 3.05) is 0 Å². The van der Waals surface area contributed by atoms with Gasteiger partial charge in [0.15, 0.2) is 0 Å². The maximum atomic E-state index is 14.1. The van der Waals surface area contributed by atoms with Crippen LogP contribution >= 0.6 is 0 Å². The first kappa shape index (κ1) is 9.58. The summed E-state index contributed by atoms with van der Waals surface area (Å²) in [5, 5.41) is 0. The number of benzene rings is 1. The van der Waals surface area contributed by atoms with E-state index in [2.05, 4.69) is 4.98 Å². The van der Waals surface area contributed by atoms with Gasteiger partial charge in [-0.05, 0) is 26.0 Å². The molecule has 3 heteroatoms. The van der Waals surface area contributed by atoms with Gasteiger partial charge >= 0.3 is 5.92 Å². The minimum absolute atomic E-state index is 0.102. The minimum atomic E-state index is -2.86. The number of halogens is 2. The minimum Gasteiger partial charge on any atom is -0.358 e. The molecule has 16 heavy (non-hydrogen) atoms. The van der Waals surface area contributed by atoms with Crippen molar-refractivity contribution in [3.8, 4) is 11.3 Å². The number of aromatic amines is 1. The number of hydrogen-bond acceptors (Lipinski definition) is 0. The van der Waals surface area contributed by atoms with Crippen LogP contribution in [0.1, 0.15) is 22.4 Å². The SMILES string of the molecule is Cc1ccc2c(c1)C(F)(F)c1cc(C)[nH]c1-2. The summed E-state index contributed by atoms with van der Waals surface area (Å²) in [5.41, 5.74) is 3.05. The normalized spacial score (nSPS) is 16.0. The maximum absolute atomic E-state index is 14.1. The first-order chi connectivity index (χ1) is 7.50. The number of nitrogens with one attached hydrogen (secondary N) is 1. The van der Waals surface area contributed by atoms with Crippen LogP contribution in [0.5, 0.6) is 0 Å². The van der Waals surface area contributed by atoms with Gasteiger partial charge in [0.1, 0.15) is 0 Å². The molecule has 0 radical (unpaired) electrons. The Morgan fingerprint density at radius 3 is 2.56 bits per heavy atom. The zero-order valence-electron chi connectivity index (χ0n) is 9.07. The molecule has 1 aromatic heterocycles. The number of fused-ring (bicyclic) bond motifs is 3. The number of aryl methyl sites for hydroxylation is 2. The van der Waals surface area contributed by atoms with Crippen molar-refractivity contribution in [1.82, 2.24) is 4.98 Å². The van der Waals surface area contributed by atoms with Gasteiger partial charge in [-0.15, -0.1) is 0 Å². The third kappa shape index (κ3) is 1.03. The highest BCUT2D eigenvalue weighted by molar-refractivity contribution is 5.77. The molecule has 0 fully saturated rings. The lowest BCUT2D eigenvalue weighted by Crippen LogP contribution is -2.10. The Morgan fingerprint density at radius 2 is 1.81 bits per heavy atom. The second-order valence-electron chi connectivity index (χ2n) is 4.36. The van der Waals surface area contributed by atoms with E-state index in [4.69, 9.17) is 0 Å². The quantitative estimate of drug-likeness (QED) is 0.694. The Morgan fingerprint density at radius 1 is 1.06 bits per heavy atom. The van der Waals surface area contributed by atoms with Gasteiger partial charge in [0.25, 0.3) is 0 Å². The van der Waals surface area contributed by atoms with Gasteiger partial charge in [-0.3, -0.25) is 0 Å². The van der Waals surface area contributed by atoms with Crippen molar-refractivity contribution in [3.63, 3.8) is 0 Å². The molecular weight excluding hydrogens is 208 g/mol. The van der Waals surface area contributed by atoms with E-state index >= 15 is 0 Å². The van der Waals surface area contributed by atoms with Gasteiger partial charge in [0.05, 0.1) is 11.3 Å². The van der Waals surface area contributed by atoms with E-state index in [1.165, 1.54) is 6.07 Å². The van der Waals surface area contributed by atoms with Crippen LogP contribution < -0.4 is 0 Å². The average molecular weight is 219 g/mol. The molecule has 82 valence electrons. The third-order valence-corrected chi connectivity index (χ3v) is 3.07. The maximum Gasteiger partial charge on any atom is 0.301 e. The van der Waals surface area contributed by atoms with E-state index in [1.807, 2.05) is 13.0 Å². The molecule has 0 spiro atoms. The second-order valence-corrected chi connectivity index (χ2v) is 4.36. The summed E-state index contributed by atoms with van der Waals surface area (Å²) in [6.07, 6.45) is 0. The molecule has 0 saturated heterocycles. The molecule has 0 bridgehead atoms. The first-order valence-corrected chi connectivity index (χ1v) is 5.19. The number of alkyl halides is 2. The Bertz CT molecular complexity index is 582.